The minimum Gasteiger partial charge on any atom is -0.308 e. The third kappa shape index (κ3) is 6.86. The van der Waals surface area contributed by atoms with Crippen molar-refractivity contribution in [3.63, 3.8) is 0 Å². The Labute approximate surface area is 297 Å². The Kier molecular flexibility index (Phi) is 8.80. The van der Waals surface area contributed by atoms with Crippen molar-refractivity contribution in [2.75, 3.05) is 21.3 Å². The van der Waals surface area contributed by atoms with Crippen molar-refractivity contribution in [1.29, 1.82) is 0 Å². The first-order valence-corrected chi connectivity index (χ1v) is 15.5. The number of fused-ring (bicyclic) bond motifs is 2. The van der Waals surface area contributed by atoms with Gasteiger partial charge < -0.3 is 10.6 Å². The maximum atomic E-state index is 14.0. The molecule has 4 heterocycles. The second kappa shape index (κ2) is 13.7. The highest BCUT2D eigenvalue weighted by Gasteiger charge is 2.34. The van der Waals surface area contributed by atoms with Crippen molar-refractivity contribution < 1.29 is 18.8 Å². The number of anilines is 4. The quantitative estimate of drug-likeness (QED) is 0.122. The van der Waals surface area contributed by atoms with Gasteiger partial charge >= 0.3 is 12.1 Å². The number of carbonyl (C=O) groups excluding carboxylic acids is 3. The van der Waals surface area contributed by atoms with Gasteiger partial charge in [0, 0.05) is 27.0 Å². The number of benzene rings is 3. The number of amides is 4. The molecule has 52 heavy (non-hydrogen) atoms. The van der Waals surface area contributed by atoms with Crippen LogP contribution in [-0.4, -0.2) is 67.4 Å². The predicted octanol–water partition coefficient (Wildman–Crippen LogP) is 3.69. The maximum absolute atomic E-state index is 14.0. The summed E-state index contributed by atoms with van der Waals surface area (Å²) in [6.45, 7) is 0. The van der Waals surface area contributed by atoms with Crippen LogP contribution in [0.25, 0.3) is 11.6 Å². The van der Waals surface area contributed by atoms with Gasteiger partial charge in [0.1, 0.15) is 23.1 Å². The number of hydrogen-bond acceptors (Lipinski definition) is 11. The second-order valence-electron chi connectivity index (χ2n) is 10.7. The number of nitrogens with zero attached hydrogens (tertiary/aromatic N) is 8. The standard InChI is InChI=1S/C30H19Cl2FN14O5/c31-14-3-9-17(10-4-14)34-29(51)38-27-42-40-25-36-20(23(49)44-46(25)27)19(22(48)13-1-7-16(33)8-2-13)21-24(50)45-47-26(37-21)41-43-28(47)39-30(52)35-18-11-5-15(32)6-12-18/h1-12,19H,(H,44,49)(H,45,50)(H2,34,38,42,51)(H2,35,39,43,52). The van der Waals surface area contributed by atoms with Gasteiger partial charge in [0.2, 0.25) is 0 Å². The Bertz CT molecular complexity index is 2470. The average Bonchev–Trinajstić information content (AvgIpc) is 3.69. The first-order chi connectivity index (χ1) is 25.0. The summed E-state index contributed by atoms with van der Waals surface area (Å²) in [6.07, 6.45) is 0. The number of halogens is 3. The first kappa shape index (κ1) is 33.4. The van der Waals surface area contributed by atoms with Crippen LogP contribution in [0.5, 0.6) is 0 Å². The fraction of sp³-hybridized carbons (Fsp3) is 0.0333. The van der Waals surface area contributed by atoms with Crippen LogP contribution in [0.3, 0.4) is 0 Å². The third-order valence-electron chi connectivity index (χ3n) is 7.22. The molecule has 0 saturated heterocycles. The zero-order chi connectivity index (χ0) is 36.5. The van der Waals surface area contributed by atoms with E-state index in [9.17, 15) is 28.4 Å². The first-order valence-electron chi connectivity index (χ1n) is 14.7. The molecule has 0 fully saturated rings. The van der Waals surface area contributed by atoms with E-state index < -0.39 is 52.1 Å². The van der Waals surface area contributed by atoms with E-state index in [-0.39, 0.29) is 29.0 Å². The molecule has 0 aliphatic carbocycles. The molecule has 4 aromatic heterocycles. The van der Waals surface area contributed by atoms with Gasteiger partial charge in [-0.3, -0.25) is 35.2 Å². The van der Waals surface area contributed by atoms with Crippen LogP contribution in [0, 0.1) is 5.82 Å². The molecule has 260 valence electrons. The zero-order valence-electron chi connectivity index (χ0n) is 25.8. The zero-order valence-corrected chi connectivity index (χ0v) is 27.3. The Morgan fingerprint density at radius 2 is 1.04 bits per heavy atom. The van der Waals surface area contributed by atoms with Gasteiger partial charge in [-0.05, 0) is 72.8 Å². The van der Waals surface area contributed by atoms with Crippen LogP contribution in [0.1, 0.15) is 27.7 Å². The summed E-state index contributed by atoms with van der Waals surface area (Å²) < 4.78 is 15.7. The Morgan fingerprint density at radius 1 is 0.615 bits per heavy atom. The molecule has 7 rings (SSSR count). The van der Waals surface area contributed by atoms with Crippen molar-refractivity contribution in [1.82, 2.24) is 49.6 Å². The summed E-state index contributed by atoms with van der Waals surface area (Å²) in [5.74, 6) is -4.39. The molecule has 0 atom stereocenters. The third-order valence-corrected chi connectivity index (χ3v) is 7.72. The number of carbonyl (C=O) groups is 3. The van der Waals surface area contributed by atoms with Crippen molar-refractivity contribution in [3.8, 4) is 0 Å². The van der Waals surface area contributed by atoms with Crippen LogP contribution >= 0.6 is 23.2 Å². The monoisotopic (exact) mass is 744 g/mol. The summed E-state index contributed by atoms with van der Waals surface area (Å²) in [4.78, 5) is 74.8. The molecule has 7 aromatic rings. The van der Waals surface area contributed by atoms with Crippen LogP contribution in [-0.2, 0) is 0 Å². The lowest BCUT2D eigenvalue weighted by atomic mass is 9.91. The topological polar surface area (TPSA) is 251 Å². The predicted molar refractivity (Wildman–Crippen MR) is 184 cm³/mol. The molecular formula is C30H19Cl2FN14O5. The molecule has 3 aromatic carbocycles. The molecule has 4 amide bonds. The Balaban J connectivity index is 1.23. The van der Waals surface area contributed by atoms with Crippen molar-refractivity contribution in [3.05, 3.63) is 126 Å². The minimum atomic E-state index is -1.81. The van der Waals surface area contributed by atoms with Gasteiger partial charge in [-0.1, -0.05) is 23.2 Å². The number of aromatic amines is 2. The molecule has 6 N–H and O–H groups in total. The second-order valence-corrected chi connectivity index (χ2v) is 11.5. The van der Waals surface area contributed by atoms with Crippen molar-refractivity contribution in [2.45, 2.75) is 5.92 Å². The fourth-order valence-corrected chi connectivity index (χ4v) is 5.10. The lowest BCUT2D eigenvalue weighted by molar-refractivity contribution is 0.0969. The number of ketones is 1. The highest BCUT2D eigenvalue weighted by Crippen LogP contribution is 2.24. The van der Waals surface area contributed by atoms with Gasteiger partial charge in [0.15, 0.2) is 5.78 Å². The summed E-state index contributed by atoms with van der Waals surface area (Å²) >= 11 is 11.8. The average molecular weight is 745 g/mol. The number of aromatic nitrogens is 10. The molecule has 0 aliphatic heterocycles. The van der Waals surface area contributed by atoms with Crippen molar-refractivity contribution in [2.24, 2.45) is 0 Å². The summed E-state index contributed by atoms with van der Waals surface area (Å²) in [7, 11) is 0. The number of H-pyrrole nitrogens is 2. The van der Waals surface area contributed by atoms with E-state index in [2.05, 4.69) is 61.8 Å². The normalized spacial score (nSPS) is 11.2. The van der Waals surface area contributed by atoms with E-state index in [4.69, 9.17) is 23.2 Å². The lowest BCUT2D eigenvalue weighted by Crippen LogP contribution is -2.33. The number of hydrogen-bond donors (Lipinski definition) is 6. The minimum absolute atomic E-state index is 0.0982. The summed E-state index contributed by atoms with van der Waals surface area (Å²) in [6, 6.07) is 15.3. The van der Waals surface area contributed by atoms with Gasteiger partial charge in [-0.2, -0.15) is 9.03 Å². The highest BCUT2D eigenvalue weighted by atomic mass is 35.5. The molecule has 0 radical (unpaired) electrons. The van der Waals surface area contributed by atoms with Gasteiger partial charge in [0.25, 0.3) is 34.6 Å². The van der Waals surface area contributed by atoms with Crippen LogP contribution in [0.4, 0.5) is 37.3 Å². The number of urea groups is 2. The smallest absolute Gasteiger partial charge is 0.308 e. The highest BCUT2D eigenvalue weighted by molar-refractivity contribution is 6.31. The molecule has 0 unspecified atom stereocenters. The van der Waals surface area contributed by atoms with E-state index >= 15 is 0 Å². The molecule has 22 heteroatoms. The van der Waals surface area contributed by atoms with Gasteiger partial charge in [-0.15, -0.1) is 20.4 Å². The molecule has 0 spiro atoms. The molecule has 0 bridgehead atoms. The number of rotatable bonds is 8. The van der Waals surface area contributed by atoms with Crippen LogP contribution < -0.4 is 32.4 Å². The fourth-order valence-electron chi connectivity index (χ4n) is 4.84. The summed E-state index contributed by atoms with van der Waals surface area (Å²) in [5, 5.41) is 31.1. The van der Waals surface area contributed by atoms with E-state index in [1.165, 1.54) is 0 Å². The van der Waals surface area contributed by atoms with Gasteiger partial charge in [0.05, 0.1) is 0 Å². The SMILES string of the molecule is O=C(Nc1ccc(Cl)cc1)Nc1nnc2nc(C(C(=O)c3ccc(F)cc3)c3nc4nnc(NC(=O)Nc5ccc(Cl)cc5)n4[nH]c3=O)c(=O)[nH]n12. The molecule has 0 saturated carbocycles. The van der Waals surface area contributed by atoms with E-state index in [1.54, 1.807) is 48.5 Å². The summed E-state index contributed by atoms with van der Waals surface area (Å²) in [5.41, 5.74) is -2.39. The van der Waals surface area contributed by atoms with Crippen LogP contribution in [0.2, 0.25) is 10.0 Å². The van der Waals surface area contributed by atoms with E-state index in [0.717, 1.165) is 33.3 Å². The Morgan fingerprint density at radius 3 is 1.46 bits per heavy atom. The lowest BCUT2D eigenvalue weighted by Gasteiger charge is -2.14. The molecular weight excluding hydrogens is 726 g/mol. The largest absolute Gasteiger partial charge is 0.326 e. The van der Waals surface area contributed by atoms with Gasteiger partial charge in [-0.25, -0.2) is 23.9 Å². The molecule has 0 aliphatic rings. The van der Waals surface area contributed by atoms with E-state index in [1.807, 2.05) is 0 Å². The molecule has 19 nitrogen and oxygen atoms in total. The maximum Gasteiger partial charge on any atom is 0.326 e. The number of nitrogens with one attached hydrogen (secondary N) is 6. The number of Topliss-reactive ketones (excluding diaryl/α,β-unsaturated/α-hetero) is 1. The van der Waals surface area contributed by atoms with E-state index in [0.29, 0.717) is 21.4 Å². The van der Waals surface area contributed by atoms with Crippen molar-refractivity contribution >= 4 is 75.9 Å². The Hall–Kier alpha value is -7.06. The van der Waals surface area contributed by atoms with Crippen LogP contribution in [0.15, 0.2) is 82.4 Å².